The lowest BCUT2D eigenvalue weighted by Gasteiger charge is -2.01. The second-order valence-corrected chi connectivity index (χ2v) is 6.83. The molecular formula is C10H12N4O4S2. The van der Waals surface area contributed by atoms with Gasteiger partial charge >= 0.3 is 5.97 Å². The number of thiazole rings is 1. The zero-order chi connectivity index (χ0) is 14.9. The molecule has 10 heteroatoms. The molecule has 0 bridgehead atoms. The van der Waals surface area contributed by atoms with Crippen molar-refractivity contribution >= 4 is 27.3 Å². The van der Waals surface area contributed by atoms with Gasteiger partial charge in [0.25, 0.3) is 10.0 Å². The molecule has 0 saturated heterocycles. The molecule has 2 heterocycles. The molecule has 0 aliphatic rings. The minimum Gasteiger partial charge on any atom is -0.477 e. The summed E-state index contributed by atoms with van der Waals surface area (Å²) in [5, 5.41) is 9.20. The van der Waals surface area contributed by atoms with E-state index in [-0.39, 0.29) is 16.4 Å². The van der Waals surface area contributed by atoms with Crippen molar-refractivity contribution in [3.05, 3.63) is 28.1 Å². The van der Waals surface area contributed by atoms with E-state index in [1.54, 1.807) is 14.0 Å². The van der Waals surface area contributed by atoms with Crippen LogP contribution in [0.4, 0.5) is 0 Å². The Labute approximate surface area is 119 Å². The van der Waals surface area contributed by atoms with Crippen LogP contribution >= 0.6 is 11.3 Å². The Balaban J connectivity index is 2.12. The van der Waals surface area contributed by atoms with E-state index in [1.165, 1.54) is 17.1 Å². The highest BCUT2D eigenvalue weighted by Gasteiger charge is 2.19. The molecule has 0 aliphatic carbocycles. The molecule has 0 amide bonds. The maximum atomic E-state index is 11.9. The van der Waals surface area contributed by atoms with Gasteiger partial charge in [0.15, 0.2) is 5.03 Å². The standard InChI is InChI=1S/C10H12N4O4S2/c1-6-9(10(15)16)19-7(13-6)3-12-20(17,18)8-4-14(2)5-11-8/h4-5,12H,3H2,1-2H3,(H,15,16). The quantitative estimate of drug-likeness (QED) is 0.823. The molecule has 2 aromatic heterocycles. The summed E-state index contributed by atoms with van der Waals surface area (Å²) < 4.78 is 27.7. The highest BCUT2D eigenvalue weighted by molar-refractivity contribution is 7.89. The van der Waals surface area contributed by atoms with E-state index in [0.717, 1.165) is 11.3 Å². The Kier molecular flexibility index (Phi) is 3.88. The highest BCUT2D eigenvalue weighted by Crippen LogP contribution is 2.18. The van der Waals surface area contributed by atoms with Gasteiger partial charge in [0.1, 0.15) is 9.88 Å². The van der Waals surface area contributed by atoms with Crippen molar-refractivity contribution in [1.82, 2.24) is 19.3 Å². The molecule has 0 spiro atoms. The molecule has 108 valence electrons. The third-order valence-electron chi connectivity index (χ3n) is 2.41. The van der Waals surface area contributed by atoms with Crippen LogP contribution in [-0.4, -0.2) is 34.0 Å². The van der Waals surface area contributed by atoms with Crippen molar-refractivity contribution in [2.75, 3.05) is 0 Å². The number of carbonyl (C=O) groups is 1. The van der Waals surface area contributed by atoms with Gasteiger partial charge in [-0.25, -0.2) is 27.9 Å². The lowest BCUT2D eigenvalue weighted by atomic mass is 10.4. The Bertz CT molecular complexity index is 747. The first-order valence-electron chi connectivity index (χ1n) is 5.47. The molecule has 0 aliphatic heterocycles. The maximum Gasteiger partial charge on any atom is 0.347 e. The van der Waals surface area contributed by atoms with Crippen LogP contribution in [0.25, 0.3) is 0 Å². The van der Waals surface area contributed by atoms with Crippen LogP contribution in [0.5, 0.6) is 0 Å². The normalized spacial score (nSPS) is 11.7. The predicted molar refractivity (Wildman–Crippen MR) is 71.0 cm³/mol. The summed E-state index contributed by atoms with van der Waals surface area (Å²) in [4.78, 5) is 18.8. The smallest absolute Gasteiger partial charge is 0.347 e. The molecule has 2 aromatic rings. The number of aromatic carboxylic acids is 1. The first kappa shape index (κ1) is 14.6. The number of hydrogen-bond acceptors (Lipinski definition) is 6. The van der Waals surface area contributed by atoms with Gasteiger partial charge in [0.05, 0.1) is 18.6 Å². The summed E-state index contributed by atoms with van der Waals surface area (Å²) >= 11 is 0.945. The second-order valence-electron chi connectivity index (χ2n) is 4.03. The number of sulfonamides is 1. The SMILES string of the molecule is Cc1nc(CNS(=O)(=O)c2cn(C)cn2)sc1C(=O)O. The first-order chi connectivity index (χ1) is 9.29. The lowest BCUT2D eigenvalue weighted by Crippen LogP contribution is -2.23. The van der Waals surface area contributed by atoms with E-state index in [2.05, 4.69) is 14.7 Å². The molecular weight excluding hydrogens is 304 g/mol. The molecule has 0 saturated carbocycles. The molecule has 2 rings (SSSR count). The van der Waals surface area contributed by atoms with Gasteiger partial charge in [0.2, 0.25) is 0 Å². The van der Waals surface area contributed by atoms with E-state index in [9.17, 15) is 13.2 Å². The summed E-state index contributed by atoms with van der Waals surface area (Å²) in [5.41, 5.74) is 0.370. The fourth-order valence-corrected chi connectivity index (χ4v) is 3.38. The predicted octanol–water partition coefficient (Wildman–Crippen LogP) is 0.362. The number of nitrogens with zero attached hydrogens (tertiary/aromatic N) is 3. The average Bonchev–Trinajstić information content (AvgIpc) is 2.93. The lowest BCUT2D eigenvalue weighted by molar-refractivity contribution is 0.0701. The van der Waals surface area contributed by atoms with E-state index in [1.807, 2.05) is 0 Å². The summed E-state index contributed by atoms with van der Waals surface area (Å²) in [6.07, 6.45) is 2.75. The minimum atomic E-state index is -3.72. The van der Waals surface area contributed by atoms with Crippen molar-refractivity contribution in [2.45, 2.75) is 18.5 Å². The number of aryl methyl sites for hydroxylation is 2. The van der Waals surface area contributed by atoms with Gasteiger partial charge in [-0.2, -0.15) is 0 Å². The summed E-state index contributed by atoms with van der Waals surface area (Å²) in [6.45, 7) is 1.49. The monoisotopic (exact) mass is 316 g/mol. The van der Waals surface area contributed by atoms with E-state index in [4.69, 9.17) is 5.11 Å². The van der Waals surface area contributed by atoms with Crippen LogP contribution in [-0.2, 0) is 23.6 Å². The van der Waals surface area contributed by atoms with E-state index >= 15 is 0 Å². The van der Waals surface area contributed by atoms with Gasteiger partial charge in [-0.15, -0.1) is 11.3 Å². The van der Waals surface area contributed by atoms with Crippen LogP contribution < -0.4 is 4.72 Å². The maximum absolute atomic E-state index is 11.9. The topological polar surface area (TPSA) is 114 Å². The van der Waals surface area contributed by atoms with Gasteiger partial charge in [0, 0.05) is 13.2 Å². The molecule has 8 nitrogen and oxygen atoms in total. The molecule has 20 heavy (non-hydrogen) atoms. The van der Waals surface area contributed by atoms with Crippen LogP contribution in [0.1, 0.15) is 20.4 Å². The molecule has 0 unspecified atom stereocenters. The largest absolute Gasteiger partial charge is 0.477 e. The Morgan fingerprint density at radius 3 is 2.75 bits per heavy atom. The van der Waals surface area contributed by atoms with Crippen molar-refractivity contribution in [3.63, 3.8) is 0 Å². The van der Waals surface area contributed by atoms with Crippen molar-refractivity contribution < 1.29 is 18.3 Å². The Hall–Kier alpha value is -1.78. The Morgan fingerprint density at radius 1 is 1.55 bits per heavy atom. The van der Waals surface area contributed by atoms with Gasteiger partial charge < -0.3 is 9.67 Å². The number of nitrogens with one attached hydrogen (secondary N) is 1. The number of carboxylic acids is 1. The average molecular weight is 316 g/mol. The summed E-state index contributed by atoms with van der Waals surface area (Å²) in [5.74, 6) is -1.07. The number of imidazole rings is 1. The van der Waals surface area contributed by atoms with Gasteiger partial charge in [-0.05, 0) is 6.92 Å². The molecule has 2 N–H and O–H groups in total. The van der Waals surface area contributed by atoms with E-state index < -0.39 is 16.0 Å². The number of rotatable bonds is 5. The van der Waals surface area contributed by atoms with Gasteiger partial charge in [-0.1, -0.05) is 0 Å². The van der Waals surface area contributed by atoms with Crippen LogP contribution in [0.2, 0.25) is 0 Å². The first-order valence-corrected chi connectivity index (χ1v) is 7.77. The van der Waals surface area contributed by atoms with Gasteiger partial charge in [-0.3, -0.25) is 0 Å². The number of carboxylic acid groups (broad SMARTS) is 1. The molecule has 0 aromatic carbocycles. The van der Waals surface area contributed by atoms with Crippen molar-refractivity contribution in [3.8, 4) is 0 Å². The molecule has 0 fully saturated rings. The van der Waals surface area contributed by atoms with E-state index in [0.29, 0.717) is 10.7 Å². The van der Waals surface area contributed by atoms with Crippen LogP contribution in [0.3, 0.4) is 0 Å². The second kappa shape index (κ2) is 5.31. The third kappa shape index (κ3) is 3.03. The number of hydrogen-bond donors (Lipinski definition) is 2. The Morgan fingerprint density at radius 2 is 2.25 bits per heavy atom. The molecule has 0 radical (unpaired) electrons. The number of aromatic nitrogens is 3. The third-order valence-corrected chi connectivity index (χ3v) is 4.84. The van der Waals surface area contributed by atoms with Crippen molar-refractivity contribution in [1.29, 1.82) is 0 Å². The fraction of sp³-hybridized carbons (Fsp3) is 0.300. The zero-order valence-electron chi connectivity index (χ0n) is 10.7. The zero-order valence-corrected chi connectivity index (χ0v) is 12.3. The summed E-state index contributed by atoms with van der Waals surface area (Å²) in [6, 6.07) is 0. The highest BCUT2D eigenvalue weighted by atomic mass is 32.2. The summed E-state index contributed by atoms with van der Waals surface area (Å²) in [7, 11) is -2.06. The minimum absolute atomic E-state index is 0.0717. The van der Waals surface area contributed by atoms with Crippen LogP contribution in [0, 0.1) is 6.92 Å². The van der Waals surface area contributed by atoms with Crippen molar-refractivity contribution in [2.24, 2.45) is 7.05 Å². The molecule has 0 atom stereocenters. The fourth-order valence-electron chi connectivity index (χ4n) is 1.48. The van der Waals surface area contributed by atoms with Crippen LogP contribution in [0.15, 0.2) is 17.6 Å².